The van der Waals surface area contributed by atoms with Gasteiger partial charge in [-0.3, -0.25) is 0 Å². The van der Waals surface area contributed by atoms with Gasteiger partial charge in [0.2, 0.25) is 0 Å². The van der Waals surface area contributed by atoms with E-state index in [0.29, 0.717) is 6.04 Å². The number of halogens is 1. The Kier molecular flexibility index (Phi) is 3.56. The molecule has 0 aromatic heterocycles. The lowest BCUT2D eigenvalue weighted by molar-refractivity contribution is 0.514. The van der Waals surface area contributed by atoms with Crippen molar-refractivity contribution in [2.45, 2.75) is 39.2 Å². The maximum Gasteiger partial charge on any atom is 0.0456 e. The van der Waals surface area contributed by atoms with E-state index in [0.717, 1.165) is 10.9 Å². The Hall–Kier alpha value is -0.530. The largest absolute Gasteiger partial charge is 0.313 e. The van der Waals surface area contributed by atoms with Gasteiger partial charge in [0.25, 0.3) is 0 Å². The summed E-state index contributed by atoms with van der Waals surface area (Å²) < 4.78 is 0. The van der Waals surface area contributed by atoms with Crippen molar-refractivity contribution in [2.24, 2.45) is 5.92 Å². The molecule has 0 spiro atoms. The molecule has 1 atom stereocenters. The van der Waals surface area contributed by atoms with Gasteiger partial charge in [-0.1, -0.05) is 30.5 Å². The van der Waals surface area contributed by atoms with Crippen molar-refractivity contribution >= 4 is 11.6 Å². The number of nitrogens with one attached hydrogen (secondary N) is 1. The van der Waals surface area contributed by atoms with E-state index in [1.807, 2.05) is 7.05 Å². The normalized spacial score (nSPS) is 17.5. The summed E-state index contributed by atoms with van der Waals surface area (Å²) in [5.41, 5.74) is 3.87. The van der Waals surface area contributed by atoms with Gasteiger partial charge in [-0.2, -0.15) is 0 Å². The van der Waals surface area contributed by atoms with Gasteiger partial charge >= 0.3 is 0 Å². The van der Waals surface area contributed by atoms with Crippen LogP contribution in [-0.2, 0) is 0 Å². The number of hydrogen-bond acceptors (Lipinski definition) is 1. The summed E-state index contributed by atoms with van der Waals surface area (Å²) >= 11 is 6.34. The van der Waals surface area contributed by atoms with Crippen molar-refractivity contribution in [3.63, 3.8) is 0 Å². The van der Waals surface area contributed by atoms with E-state index in [4.69, 9.17) is 11.6 Å². The smallest absolute Gasteiger partial charge is 0.0456 e. The molecule has 88 valence electrons. The van der Waals surface area contributed by atoms with Gasteiger partial charge in [0, 0.05) is 11.1 Å². The van der Waals surface area contributed by atoms with Gasteiger partial charge in [0.05, 0.1) is 0 Å². The zero-order valence-electron chi connectivity index (χ0n) is 10.3. The van der Waals surface area contributed by atoms with Crippen LogP contribution in [-0.4, -0.2) is 7.05 Å². The molecule has 0 radical (unpaired) electrons. The molecule has 0 heterocycles. The molecule has 1 saturated carbocycles. The zero-order valence-corrected chi connectivity index (χ0v) is 11.1. The average molecular weight is 238 g/mol. The van der Waals surface area contributed by atoms with Gasteiger partial charge in [0.15, 0.2) is 0 Å². The number of hydrogen-bond donors (Lipinski definition) is 1. The molecule has 1 nitrogen and oxygen atoms in total. The van der Waals surface area contributed by atoms with Crippen LogP contribution < -0.4 is 5.32 Å². The lowest BCUT2D eigenvalue weighted by Crippen LogP contribution is -2.17. The highest BCUT2D eigenvalue weighted by molar-refractivity contribution is 6.31. The van der Waals surface area contributed by atoms with Crippen molar-refractivity contribution in [3.05, 3.63) is 33.8 Å². The van der Waals surface area contributed by atoms with Crippen molar-refractivity contribution in [3.8, 4) is 0 Å². The molecule has 0 aliphatic heterocycles. The van der Waals surface area contributed by atoms with Gasteiger partial charge in [-0.25, -0.2) is 0 Å². The van der Waals surface area contributed by atoms with Gasteiger partial charge < -0.3 is 5.32 Å². The molecule has 1 aromatic carbocycles. The Morgan fingerprint density at radius 3 is 2.50 bits per heavy atom. The number of rotatable bonds is 4. The van der Waals surface area contributed by atoms with Crippen molar-refractivity contribution in [1.29, 1.82) is 0 Å². The van der Waals surface area contributed by atoms with E-state index < -0.39 is 0 Å². The van der Waals surface area contributed by atoms with Gasteiger partial charge in [-0.05, 0) is 56.0 Å². The number of benzene rings is 1. The minimum Gasteiger partial charge on any atom is -0.313 e. The molecule has 0 bridgehead atoms. The Labute approximate surface area is 103 Å². The maximum atomic E-state index is 6.34. The predicted octanol–water partition coefficient (Wildman–Crippen LogP) is 4.02. The van der Waals surface area contributed by atoms with Crippen molar-refractivity contribution in [1.82, 2.24) is 5.32 Å². The highest BCUT2D eigenvalue weighted by Crippen LogP contribution is 2.39. The fourth-order valence-electron chi connectivity index (χ4n) is 2.16. The summed E-state index contributed by atoms with van der Waals surface area (Å²) in [4.78, 5) is 0. The first-order valence-electron chi connectivity index (χ1n) is 6.05. The molecule has 1 aliphatic carbocycles. The first-order valence-corrected chi connectivity index (χ1v) is 6.43. The quantitative estimate of drug-likeness (QED) is 0.834. The van der Waals surface area contributed by atoms with Crippen LogP contribution in [0.1, 0.15) is 42.0 Å². The predicted molar refractivity (Wildman–Crippen MR) is 70.1 cm³/mol. The molecule has 1 aromatic rings. The molecule has 1 unspecified atom stereocenters. The summed E-state index contributed by atoms with van der Waals surface area (Å²) in [6.45, 7) is 4.26. The summed E-state index contributed by atoms with van der Waals surface area (Å²) in [7, 11) is 2.03. The SMILES string of the molecule is CNC(CC1CC1)c1cc(C)c(C)cc1Cl. The van der Waals surface area contributed by atoms with Crippen molar-refractivity contribution < 1.29 is 0 Å². The van der Waals surface area contributed by atoms with Crippen LogP contribution in [0, 0.1) is 19.8 Å². The third-order valence-corrected chi connectivity index (χ3v) is 3.93. The molecular formula is C14H20ClN. The van der Waals surface area contributed by atoms with Crippen LogP contribution in [0.15, 0.2) is 12.1 Å². The molecule has 1 fully saturated rings. The third kappa shape index (κ3) is 2.58. The average Bonchev–Trinajstić information content (AvgIpc) is 3.04. The van der Waals surface area contributed by atoms with E-state index >= 15 is 0 Å². The second-order valence-corrected chi connectivity index (χ2v) is 5.39. The second-order valence-electron chi connectivity index (χ2n) is 4.98. The summed E-state index contributed by atoms with van der Waals surface area (Å²) in [5, 5.41) is 4.30. The minimum absolute atomic E-state index is 0.416. The van der Waals surface area contributed by atoms with Gasteiger partial charge in [-0.15, -0.1) is 0 Å². The van der Waals surface area contributed by atoms with Crippen LogP contribution in [0.3, 0.4) is 0 Å². The monoisotopic (exact) mass is 237 g/mol. The topological polar surface area (TPSA) is 12.0 Å². The lowest BCUT2D eigenvalue weighted by Gasteiger charge is -2.19. The molecule has 2 heteroatoms. The van der Waals surface area contributed by atoms with E-state index in [2.05, 4.69) is 31.3 Å². The van der Waals surface area contributed by atoms with Gasteiger partial charge in [0.1, 0.15) is 0 Å². The Balaban J connectivity index is 2.25. The van der Waals surface area contributed by atoms with E-state index in [1.54, 1.807) is 0 Å². The van der Waals surface area contributed by atoms with Crippen LogP contribution in [0.4, 0.5) is 0 Å². The lowest BCUT2D eigenvalue weighted by atomic mass is 9.97. The van der Waals surface area contributed by atoms with E-state index in [9.17, 15) is 0 Å². The molecule has 2 rings (SSSR count). The fraction of sp³-hybridized carbons (Fsp3) is 0.571. The fourth-order valence-corrected chi connectivity index (χ4v) is 2.51. The summed E-state index contributed by atoms with van der Waals surface area (Å²) in [6, 6.07) is 4.74. The van der Waals surface area contributed by atoms with E-state index in [1.165, 1.54) is 36.0 Å². The standard InChI is InChI=1S/C14H20ClN/c1-9-6-12(13(15)7-10(9)2)14(16-3)8-11-4-5-11/h6-7,11,14,16H,4-5,8H2,1-3H3. The maximum absolute atomic E-state index is 6.34. The Bertz CT molecular complexity index is 383. The molecule has 1 aliphatic rings. The van der Waals surface area contributed by atoms with Crippen LogP contribution in [0.2, 0.25) is 5.02 Å². The minimum atomic E-state index is 0.416. The number of aryl methyl sites for hydroxylation is 2. The van der Waals surface area contributed by atoms with Crippen LogP contribution in [0.25, 0.3) is 0 Å². The molecule has 0 amide bonds. The first kappa shape index (κ1) is 11.9. The zero-order chi connectivity index (χ0) is 11.7. The molecule has 16 heavy (non-hydrogen) atoms. The van der Waals surface area contributed by atoms with Crippen LogP contribution in [0.5, 0.6) is 0 Å². The Morgan fingerprint density at radius 2 is 1.94 bits per heavy atom. The molecule has 1 N–H and O–H groups in total. The highest BCUT2D eigenvalue weighted by Gasteiger charge is 2.26. The Morgan fingerprint density at radius 1 is 1.31 bits per heavy atom. The molecular weight excluding hydrogens is 218 g/mol. The molecule has 0 saturated heterocycles. The summed E-state index contributed by atoms with van der Waals surface area (Å²) in [5.74, 6) is 0.912. The second kappa shape index (κ2) is 4.77. The van der Waals surface area contributed by atoms with E-state index in [-0.39, 0.29) is 0 Å². The first-order chi connectivity index (χ1) is 7.61. The summed E-state index contributed by atoms with van der Waals surface area (Å²) in [6.07, 6.45) is 4.00. The van der Waals surface area contributed by atoms with Crippen molar-refractivity contribution in [2.75, 3.05) is 7.05 Å². The van der Waals surface area contributed by atoms with Crippen LogP contribution >= 0.6 is 11.6 Å². The highest BCUT2D eigenvalue weighted by atomic mass is 35.5. The third-order valence-electron chi connectivity index (χ3n) is 3.60.